The van der Waals surface area contributed by atoms with Crippen LogP contribution in [0, 0.1) is 0 Å². The van der Waals surface area contributed by atoms with E-state index < -0.39 is 23.4 Å². The van der Waals surface area contributed by atoms with Gasteiger partial charge in [0.25, 0.3) is 5.91 Å². The minimum absolute atomic E-state index is 0.279. The lowest BCUT2D eigenvalue weighted by Crippen LogP contribution is -2.44. The third-order valence-corrected chi connectivity index (χ3v) is 6.37. The summed E-state index contributed by atoms with van der Waals surface area (Å²) in [5.74, 6) is 0.635. The number of nitrogens with one attached hydrogen (secondary N) is 2. The van der Waals surface area contributed by atoms with Crippen molar-refractivity contribution >= 4 is 23.7 Å². The highest BCUT2D eigenvalue weighted by molar-refractivity contribution is 6.09. The zero-order valence-corrected chi connectivity index (χ0v) is 19.7. The molecule has 2 aliphatic rings. The second kappa shape index (κ2) is 9.68. The van der Waals surface area contributed by atoms with Gasteiger partial charge >= 0.3 is 6.03 Å². The predicted octanol–water partition coefficient (Wildman–Crippen LogP) is 0.925. The van der Waals surface area contributed by atoms with Crippen molar-refractivity contribution in [2.75, 3.05) is 51.8 Å². The predicted molar refractivity (Wildman–Crippen MR) is 126 cm³/mol. The number of benzene rings is 1. The Hall–Kier alpha value is -3.66. The van der Waals surface area contributed by atoms with Gasteiger partial charge in [-0.05, 0) is 49.4 Å². The standard InChI is InChI=1S/C24H30N6O4/c1-24(18-4-6-19(34-3)7-5-18)22(32)30(23(33)27-24)16-21(31)26-15-17-8-9-25-20(14-17)29-12-10-28(2)11-13-29/h4-9,14H,10-13,15-16H2,1-3H3,(H,26,31)(H,27,33). The van der Waals surface area contributed by atoms with Crippen LogP contribution >= 0.6 is 0 Å². The van der Waals surface area contributed by atoms with Gasteiger partial charge in [-0.3, -0.25) is 14.5 Å². The summed E-state index contributed by atoms with van der Waals surface area (Å²) in [4.78, 5) is 48.1. The van der Waals surface area contributed by atoms with Crippen molar-refractivity contribution in [2.45, 2.75) is 19.0 Å². The molecule has 2 aliphatic heterocycles. The summed E-state index contributed by atoms with van der Waals surface area (Å²) in [6.45, 7) is 5.31. The first-order chi connectivity index (χ1) is 16.3. The normalized spacial score (nSPS) is 20.9. The molecule has 0 bridgehead atoms. The third kappa shape index (κ3) is 4.81. The maximum Gasteiger partial charge on any atom is 0.325 e. The number of ether oxygens (including phenoxy) is 1. The van der Waals surface area contributed by atoms with Crippen molar-refractivity contribution in [3.63, 3.8) is 0 Å². The van der Waals surface area contributed by atoms with Gasteiger partial charge in [-0.25, -0.2) is 9.78 Å². The Morgan fingerprint density at radius 2 is 1.85 bits per heavy atom. The van der Waals surface area contributed by atoms with E-state index in [0.29, 0.717) is 11.3 Å². The molecular formula is C24H30N6O4. The summed E-state index contributed by atoms with van der Waals surface area (Å²) >= 11 is 0. The average molecular weight is 467 g/mol. The highest BCUT2D eigenvalue weighted by Gasteiger charge is 2.49. The van der Waals surface area contributed by atoms with Crippen LogP contribution < -0.4 is 20.3 Å². The Labute approximate surface area is 198 Å². The Morgan fingerprint density at radius 3 is 2.53 bits per heavy atom. The fraction of sp³-hybridized carbons (Fsp3) is 0.417. The van der Waals surface area contributed by atoms with Gasteiger partial charge in [-0.2, -0.15) is 0 Å². The van der Waals surface area contributed by atoms with Gasteiger partial charge in [0, 0.05) is 38.9 Å². The van der Waals surface area contributed by atoms with Crippen LogP contribution in [-0.2, 0) is 21.7 Å². The lowest BCUT2D eigenvalue weighted by molar-refractivity contribution is -0.134. The van der Waals surface area contributed by atoms with Crippen molar-refractivity contribution in [2.24, 2.45) is 0 Å². The molecule has 1 unspecified atom stereocenters. The number of carbonyl (C=O) groups excluding carboxylic acids is 3. The Bertz CT molecular complexity index is 1070. The van der Waals surface area contributed by atoms with Crippen LogP contribution in [0.3, 0.4) is 0 Å². The van der Waals surface area contributed by atoms with Crippen LogP contribution in [0.25, 0.3) is 0 Å². The number of hydrogen-bond donors (Lipinski definition) is 2. The molecule has 3 heterocycles. The monoisotopic (exact) mass is 466 g/mol. The number of hydrogen-bond acceptors (Lipinski definition) is 7. The van der Waals surface area contributed by atoms with Crippen molar-refractivity contribution in [3.8, 4) is 5.75 Å². The number of aromatic nitrogens is 1. The topological polar surface area (TPSA) is 107 Å². The van der Waals surface area contributed by atoms with E-state index in [1.807, 2.05) is 12.1 Å². The number of urea groups is 1. The summed E-state index contributed by atoms with van der Waals surface area (Å²) in [5, 5.41) is 5.51. The number of rotatable bonds is 7. The van der Waals surface area contributed by atoms with E-state index in [1.165, 1.54) is 0 Å². The van der Waals surface area contributed by atoms with Crippen molar-refractivity contribution in [1.82, 2.24) is 25.4 Å². The van der Waals surface area contributed by atoms with Crippen LogP contribution in [0.5, 0.6) is 5.75 Å². The molecule has 1 atom stereocenters. The van der Waals surface area contributed by atoms with Crippen LogP contribution in [0.4, 0.5) is 10.6 Å². The molecule has 0 spiro atoms. The zero-order chi connectivity index (χ0) is 24.3. The van der Waals surface area contributed by atoms with E-state index >= 15 is 0 Å². The molecule has 4 rings (SSSR count). The Balaban J connectivity index is 1.35. The fourth-order valence-electron chi connectivity index (χ4n) is 4.14. The molecule has 34 heavy (non-hydrogen) atoms. The van der Waals surface area contributed by atoms with E-state index in [1.54, 1.807) is 44.5 Å². The molecule has 10 heteroatoms. The molecular weight excluding hydrogens is 436 g/mol. The van der Waals surface area contributed by atoms with E-state index in [4.69, 9.17) is 4.74 Å². The van der Waals surface area contributed by atoms with Crippen LogP contribution in [0.1, 0.15) is 18.1 Å². The van der Waals surface area contributed by atoms with Crippen LogP contribution in [0.15, 0.2) is 42.6 Å². The number of pyridine rings is 1. The smallest absolute Gasteiger partial charge is 0.325 e. The average Bonchev–Trinajstić information content (AvgIpc) is 3.07. The van der Waals surface area contributed by atoms with E-state index in [0.717, 1.165) is 42.5 Å². The molecule has 180 valence electrons. The molecule has 2 fully saturated rings. The molecule has 10 nitrogen and oxygen atoms in total. The SMILES string of the molecule is COc1ccc(C2(C)NC(=O)N(CC(=O)NCc3ccnc(N4CCN(C)CC4)c3)C2=O)cc1. The van der Waals surface area contributed by atoms with E-state index in [9.17, 15) is 14.4 Å². The van der Waals surface area contributed by atoms with E-state index in [-0.39, 0.29) is 13.1 Å². The number of amides is 4. The lowest BCUT2D eigenvalue weighted by Gasteiger charge is -2.33. The summed E-state index contributed by atoms with van der Waals surface area (Å²) in [6.07, 6.45) is 1.73. The molecule has 2 aromatic rings. The molecule has 1 aromatic heterocycles. The minimum atomic E-state index is -1.24. The van der Waals surface area contributed by atoms with Gasteiger partial charge in [0.2, 0.25) is 5.91 Å². The van der Waals surface area contributed by atoms with Gasteiger partial charge in [-0.1, -0.05) is 12.1 Å². The fourth-order valence-corrected chi connectivity index (χ4v) is 4.14. The Kier molecular flexibility index (Phi) is 6.69. The first kappa shape index (κ1) is 23.5. The minimum Gasteiger partial charge on any atom is -0.497 e. The van der Waals surface area contributed by atoms with E-state index in [2.05, 4.69) is 32.5 Å². The first-order valence-corrected chi connectivity index (χ1v) is 11.2. The molecule has 1 aromatic carbocycles. The largest absolute Gasteiger partial charge is 0.497 e. The number of anilines is 1. The zero-order valence-electron chi connectivity index (χ0n) is 19.7. The maximum absolute atomic E-state index is 13.1. The van der Waals surface area contributed by atoms with Gasteiger partial charge in [0.1, 0.15) is 23.7 Å². The van der Waals surface area contributed by atoms with Crippen molar-refractivity contribution in [1.29, 1.82) is 0 Å². The number of likely N-dealkylation sites (N-methyl/N-ethyl adjacent to an activating group) is 1. The molecule has 0 saturated carbocycles. The van der Waals surface area contributed by atoms with Gasteiger partial charge in [-0.15, -0.1) is 0 Å². The quantitative estimate of drug-likeness (QED) is 0.585. The molecule has 4 amide bonds. The highest BCUT2D eigenvalue weighted by Crippen LogP contribution is 2.29. The lowest BCUT2D eigenvalue weighted by atomic mass is 9.92. The molecule has 0 aliphatic carbocycles. The van der Waals surface area contributed by atoms with Gasteiger partial charge < -0.3 is 25.2 Å². The third-order valence-electron chi connectivity index (χ3n) is 6.37. The van der Waals surface area contributed by atoms with Crippen LogP contribution in [-0.4, -0.2) is 79.5 Å². The van der Waals surface area contributed by atoms with Crippen molar-refractivity contribution in [3.05, 3.63) is 53.7 Å². The first-order valence-electron chi connectivity index (χ1n) is 11.2. The number of carbonyl (C=O) groups is 3. The Morgan fingerprint density at radius 1 is 1.15 bits per heavy atom. The second-order valence-electron chi connectivity index (χ2n) is 8.76. The number of imide groups is 1. The second-order valence-corrected chi connectivity index (χ2v) is 8.76. The number of piperazine rings is 1. The van der Waals surface area contributed by atoms with Gasteiger partial charge in [0.15, 0.2) is 0 Å². The van der Waals surface area contributed by atoms with Gasteiger partial charge in [0.05, 0.1) is 7.11 Å². The molecule has 2 saturated heterocycles. The summed E-state index contributed by atoms with van der Waals surface area (Å²) in [5.41, 5.74) is 0.270. The van der Waals surface area contributed by atoms with Crippen molar-refractivity contribution < 1.29 is 19.1 Å². The molecule has 2 N–H and O–H groups in total. The highest BCUT2D eigenvalue weighted by atomic mass is 16.5. The number of nitrogens with zero attached hydrogens (tertiary/aromatic N) is 4. The summed E-state index contributed by atoms with van der Waals surface area (Å²) < 4.78 is 5.15. The number of methoxy groups -OCH3 is 1. The van der Waals surface area contributed by atoms with Crippen LogP contribution in [0.2, 0.25) is 0 Å². The molecule has 0 radical (unpaired) electrons. The summed E-state index contributed by atoms with van der Waals surface area (Å²) in [7, 11) is 3.65. The summed E-state index contributed by atoms with van der Waals surface area (Å²) in [6, 6.07) is 10.1. The maximum atomic E-state index is 13.1.